The van der Waals surface area contributed by atoms with E-state index >= 15 is 0 Å². The summed E-state index contributed by atoms with van der Waals surface area (Å²) in [4.78, 5) is 14.2. The summed E-state index contributed by atoms with van der Waals surface area (Å²) < 4.78 is 1.86. The number of nitrogens with one attached hydrogen (secondary N) is 1. The van der Waals surface area contributed by atoms with Crippen molar-refractivity contribution < 1.29 is 4.79 Å². The van der Waals surface area contributed by atoms with Crippen molar-refractivity contribution in [3.05, 3.63) is 30.6 Å². The number of carbonyl (C=O) groups excluding carboxylic acids is 1. The normalized spacial score (nSPS) is 15.4. The minimum absolute atomic E-state index is 0.0479. The average molecular weight is 331 g/mol. The van der Waals surface area contributed by atoms with Gasteiger partial charge in [0, 0.05) is 31.4 Å². The van der Waals surface area contributed by atoms with Gasteiger partial charge >= 0.3 is 6.03 Å². The summed E-state index contributed by atoms with van der Waals surface area (Å²) in [5.74, 6) is 3.07. The molecule has 0 bridgehead atoms. The van der Waals surface area contributed by atoms with E-state index in [9.17, 15) is 4.79 Å². The lowest BCUT2D eigenvalue weighted by molar-refractivity contribution is 0.200. The zero-order valence-electron chi connectivity index (χ0n) is 13.4. The number of hydrogen-bond acceptors (Lipinski definition) is 4. The molecular weight excluding hydrogens is 310 g/mol. The van der Waals surface area contributed by atoms with Crippen LogP contribution in [0.25, 0.3) is 11.4 Å². The number of hydrogen-bond donors (Lipinski definition) is 1. The Labute approximate surface area is 140 Å². The highest BCUT2D eigenvalue weighted by molar-refractivity contribution is 7.99. The monoisotopic (exact) mass is 331 g/mol. The Balaban J connectivity index is 1.63. The molecule has 3 rings (SSSR count). The van der Waals surface area contributed by atoms with E-state index in [2.05, 4.69) is 15.5 Å². The molecule has 23 heavy (non-hydrogen) atoms. The summed E-state index contributed by atoms with van der Waals surface area (Å²) >= 11 is 1.96. The van der Waals surface area contributed by atoms with Crippen LogP contribution in [0.2, 0.25) is 0 Å². The maximum Gasteiger partial charge on any atom is 0.321 e. The summed E-state index contributed by atoms with van der Waals surface area (Å²) in [6.07, 6.45) is 3.81. The van der Waals surface area contributed by atoms with Crippen LogP contribution in [0.5, 0.6) is 0 Å². The van der Waals surface area contributed by atoms with E-state index in [1.807, 2.05) is 59.6 Å². The molecule has 1 fully saturated rings. The van der Waals surface area contributed by atoms with Gasteiger partial charge in [0.2, 0.25) is 0 Å². The zero-order chi connectivity index (χ0) is 16.2. The lowest BCUT2D eigenvalue weighted by Gasteiger charge is -2.31. The molecule has 1 saturated heterocycles. The molecule has 0 atom stereocenters. The topological polar surface area (TPSA) is 63.1 Å². The van der Waals surface area contributed by atoms with E-state index in [1.165, 1.54) is 0 Å². The molecule has 2 aromatic rings. The van der Waals surface area contributed by atoms with Crippen LogP contribution >= 0.6 is 11.8 Å². The number of aromatic nitrogens is 3. The third-order valence-corrected chi connectivity index (χ3v) is 5.21. The quantitative estimate of drug-likeness (QED) is 0.939. The van der Waals surface area contributed by atoms with Gasteiger partial charge < -0.3 is 14.8 Å². The largest absolute Gasteiger partial charge is 0.325 e. The summed E-state index contributed by atoms with van der Waals surface area (Å²) in [6.45, 7) is 0. The lowest BCUT2D eigenvalue weighted by atomic mass is 10.1. The standard InChI is InChI=1S/C16H21N5OS/c1-20-11-17-19-15(20)12-3-5-13(6-4-12)18-16(22)21(2)14-7-9-23-10-8-14/h3-6,11,14H,7-10H2,1-2H3,(H,18,22). The van der Waals surface area contributed by atoms with E-state index < -0.39 is 0 Å². The minimum Gasteiger partial charge on any atom is -0.325 e. The summed E-state index contributed by atoms with van der Waals surface area (Å²) in [6, 6.07) is 7.97. The smallest absolute Gasteiger partial charge is 0.321 e. The summed E-state index contributed by atoms with van der Waals surface area (Å²) in [5, 5.41) is 10.9. The van der Waals surface area contributed by atoms with Gasteiger partial charge in [0.1, 0.15) is 6.33 Å². The van der Waals surface area contributed by atoms with Crippen molar-refractivity contribution in [3.63, 3.8) is 0 Å². The number of rotatable bonds is 3. The van der Waals surface area contributed by atoms with Crippen LogP contribution in [0.4, 0.5) is 10.5 Å². The highest BCUT2D eigenvalue weighted by Crippen LogP contribution is 2.22. The Hall–Kier alpha value is -2.02. The van der Waals surface area contributed by atoms with Crippen molar-refractivity contribution in [3.8, 4) is 11.4 Å². The Morgan fingerprint density at radius 2 is 2.00 bits per heavy atom. The first-order valence-electron chi connectivity index (χ1n) is 7.71. The van der Waals surface area contributed by atoms with Crippen LogP contribution in [-0.4, -0.2) is 50.3 Å². The number of nitrogens with zero attached hydrogens (tertiary/aromatic N) is 4. The fourth-order valence-electron chi connectivity index (χ4n) is 2.70. The highest BCUT2D eigenvalue weighted by atomic mass is 32.2. The number of aryl methyl sites for hydroxylation is 1. The van der Waals surface area contributed by atoms with E-state index in [-0.39, 0.29) is 6.03 Å². The second kappa shape index (κ2) is 7.04. The van der Waals surface area contributed by atoms with Gasteiger partial charge in [-0.25, -0.2) is 4.79 Å². The number of carbonyl (C=O) groups is 1. The first kappa shape index (κ1) is 15.9. The van der Waals surface area contributed by atoms with E-state index in [0.717, 1.165) is 41.4 Å². The van der Waals surface area contributed by atoms with Gasteiger partial charge in [-0.1, -0.05) is 0 Å². The van der Waals surface area contributed by atoms with Gasteiger partial charge in [0.25, 0.3) is 0 Å². The molecule has 1 N–H and O–H groups in total. The molecule has 7 heteroatoms. The lowest BCUT2D eigenvalue weighted by Crippen LogP contribution is -2.41. The molecule has 122 valence electrons. The molecule has 1 aliphatic rings. The first-order valence-corrected chi connectivity index (χ1v) is 8.86. The molecule has 1 aromatic heterocycles. The molecule has 2 amide bonds. The fourth-order valence-corrected chi connectivity index (χ4v) is 3.78. The van der Waals surface area contributed by atoms with E-state index in [0.29, 0.717) is 6.04 Å². The Morgan fingerprint density at radius 3 is 2.61 bits per heavy atom. The average Bonchev–Trinajstić information content (AvgIpc) is 3.01. The van der Waals surface area contributed by atoms with Gasteiger partial charge in [-0.15, -0.1) is 10.2 Å². The number of amides is 2. The van der Waals surface area contributed by atoms with Crippen molar-refractivity contribution in [2.45, 2.75) is 18.9 Å². The summed E-state index contributed by atoms with van der Waals surface area (Å²) in [7, 11) is 3.78. The molecule has 1 aliphatic heterocycles. The SMILES string of the molecule is CN(C(=O)Nc1ccc(-c2nncn2C)cc1)C1CCSCC1. The Morgan fingerprint density at radius 1 is 1.30 bits per heavy atom. The molecule has 6 nitrogen and oxygen atoms in total. The predicted molar refractivity (Wildman–Crippen MR) is 93.6 cm³/mol. The number of thioether (sulfide) groups is 1. The summed E-state index contributed by atoms with van der Waals surface area (Å²) in [5.41, 5.74) is 1.76. The molecule has 0 aliphatic carbocycles. The second-order valence-corrected chi connectivity index (χ2v) is 6.95. The number of anilines is 1. The predicted octanol–water partition coefficient (Wildman–Crippen LogP) is 2.84. The second-order valence-electron chi connectivity index (χ2n) is 5.73. The van der Waals surface area contributed by atoms with Crippen molar-refractivity contribution >= 4 is 23.5 Å². The van der Waals surface area contributed by atoms with Crippen LogP contribution in [-0.2, 0) is 7.05 Å². The first-order chi connectivity index (χ1) is 11.1. The van der Waals surface area contributed by atoms with Crippen molar-refractivity contribution in [2.75, 3.05) is 23.9 Å². The van der Waals surface area contributed by atoms with Crippen LogP contribution in [0.3, 0.4) is 0 Å². The molecule has 0 spiro atoms. The minimum atomic E-state index is -0.0479. The Kier molecular flexibility index (Phi) is 4.85. The van der Waals surface area contributed by atoms with Crippen LogP contribution in [0.1, 0.15) is 12.8 Å². The van der Waals surface area contributed by atoms with Crippen molar-refractivity contribution in [1.29, 1.82) is 0 Å². The molecule has 0 unspecified atom stereocenters. The maximum atomic E-state index is 12.4. The van der Waals surface area contributed by atoms with Crippen molar-refractivity contribution in [2.24, 2.45) is 7.05 Å². The van der Waals surface area contributed by atoms with E-state index in [1.54, 1.807) is 6.33 Å². The Bertz CT molecular complexity index is 663. The van der Waals surface area contributed by atoms with Crippen molar-refractivity contribution in [1.82, 2.24) is 19.7 Å². The molecule has 0 radical (unpaired) electrons. The van der Waals surface area contributed by atoms with Gasteiger partial charge in [-0.05, 0) is 48.6 Å². The molecule has 0 saturated carbocycles. The molecule has 1 aromatic carbocycles. The molecule has 2 heterocycles. The van der Waals surface area contributed by atoms with Crippen LogP contribution in [0, 0.1) is 0 Å². The fraction of sp³-hybridized carbons (Fsp3) is 0.438. The third kappa shape index (κ3) is 3.67. The van der Waals surface area contributed by atoms with Gasteiger partial charge in [-0.3, -0.25) is 0 Å². The van der Waals surface area contributed by atoms with Gasteiger partial charge in [-0.2, -0.15) is 11.8 Å². The zero-order valence-corrected chi connectivity index (χ0v) is 14.2. The van der Waals surface area contributed by atoms with Crippen LogP contribution < -0.4 is 5.32 Å². The maximum absolute atomic E-state index is 12.4. The number of benzene rings is 1. The van der Waals surface area contributed by atoms with Crippen LogP contribution in [0.15, 0.2) is 30.6 Å². The third-order valence-electron chi connectivity index (χ3n) is 4.16. The van der Waals surface area contributed by atoms with E-state index in [4.69, 9.17) is 0 Å². The number of urea groups is 1. The van der Waals surface area contributed by atoms with Gasteiger partial charge in [0.05, 0.1) is 0 Å². The van der Waals surface area contributed by atoms with Gasteiger partial charge in [0.15, 0.2) is 5.82 Å². The highest BCUT2D eigenvalue weighted by Gasteiger charge is 2.22. The molecular formula is C16H21N5OS.